The van der Waals surface area contributed by atoms with Crippen LogP contribution in [0.15, 0.2) is 28.7 Å². The molecule has 1 saturated heterocycles. The summed E-state index contributed by atoms with van der Waals surface area (Å²) in [5, 5.41) is 0. The normalized spacial score (nSPS) is 26.7. The van der Waals surface area contributed by atoms with E-state index in [1.54, 1.807) is 0 Å². The molecule has 3 atom stereocenters. The average Bonchev–Trinajstić information content (AvgIpc) is 3.36. The van der Waals surface area contributed by atoms with E-state index in [-0.39, 0.29) is 23.8 Å². The Kier molecular flexibility index (Phi) is 5.05. The molecule has 5 heteroatoms. The van der Waals surface area contributed by atoms with Gasteiger partial charge in [-0.05, 0) is 49.3 Å². The lowest BCUT2D eigenvalue weighted by Gasteiger charge is -2.35. The van der Waals surface area contributed by atoms with E-state index in [0.29, 0.717) is 12.3 Å². The molecule has 1 aliphatic heterocycles. The van der Waals surface area contributed by atoms with Gasteiger partial charge in [-0.1, -0.05) is 28.1 Å². The summed E-state index contributed by atoms with van der Waals surface area (Å²) >= 11 is 3.44. The minimum Gasteiger partial charge on any atom is -0.469 e. The Bertz CT molecular complexity index is 586. The highest BCUT2D eigenvalue weighted by atomic mass is 79.9. The van der Waals surface area contributed by atoms with Gasteiger partial charge >= 0.3 is 5.97 Å². The first kappa shape index (κ1) is 16.5. The summed E-state index contributed by atoms with van der Waals surface area (Å²) in [6.07, 6.45) is 4.24. The Morgan fingerprint density at radius 2 is 2.00 bits per heavy atom. The molecule has 0 radical (unpaired) electrons. The monoisotopic (exact) mass is 379 g/mol. The van der Waals surface area contributed by atoms with E-state index in [2.05, 4.69) is 28.1 Å². The van der Waals surface area contributed by atoms with Crippen molar-refractivity contribution >= 4 is 27.8 Å². The third-order valence-corrected chi connectivity index (χ3v) is 5.47. The van der Waals surface area contributed by atoms with Crippen LogP contribution in [-0.2, 0) is 14.3 Å². The maximum absolute atomic E-state index is 12.9. The number of hydrogen-bond acceptors (Lipinski definition) is 3. The molecule has 0 bridgehead atoms. The molecule has 0 aromatic heterocycles. The predicted molar refractivity (Wildman–Crippen MR) is 91.0 cm³/mol. The van der Waals surface area contributed by atoms with Crippen LogP contribution in [0.25, 0.3) is 0 Å². The molecule has 1 heterocycles. The van der Waals surface area contributed by atoms with Crippen LogP contribution >= 0.6 is 15.9 Å². The van der Waals surface area contributed by atoms with Crippen LogP contribution in [-0.4, -0.2) is 36.5 Å². The number of rotatable bonds is 4. The van der Waals surface area contributed by atoms with Crippen molar-refractivity contribution in [2.75, 3.05) is 13.7 Å². The molecular weight excluding hydrogens is 358 g/mol. The number of likely N-dealkylation sites (tertiary alicyclic amines) is 1. The van der Waals surface area contributed by atoms with Crippen molar-refractivity contribution in [3.63, 3.8) is 0 Å². The van der Waals surface area contributed by atoms with Gasteiger partial charge in [0.25, 0.3) is 0 Å². The van der Waals surface area contributed by atoms with Crippen LogP contribution in [0.1, 0.15) is 43.6 Å². The number of hydrogen-bond donors (Lipinski definition) is 0. The highest BCUT2D eigenvalue weighted by Gasteiger charge is 2.47. The number of nitrogens with zero attached hydrogens (tertiary/aromatic N) is 1. The highest BCUT2D eigenvalue weighted by Crippen LogP contribution is 2.49. The molecule has 1 saturated carbocycles. The molecule has 1 aromatic rings. The molecule has 3 rings (SSSR count). The smallest absolute Gasteiger partial charge is 0.307 e. The molecule has 2 fully saturated rings. The molecule has 4 nitrogen and oxygen atoms in total. The highest BCUT2D eigenvalue weighted by molar-refractivity contribution is 9.10. The Labute approximate surface area is 145 Å². The number of benzene rings is 1. The van der Waals surface area contributed by atoms with Gasteiger partial charge in [0, 0.05) is 23.0 Å². The number of halogens is 1. The van der Waals surface area contributed by atoms with Crippen molar-refractivity contribution in [1.82, 2.24) is 4.90 Å². The first-order valence-corrected chi connectivity index (χ1v) is 9.02. The van der Waals surface area contributed by atoms with E-state index in [1.165, 1.54) is 12.7 Å². The molecule has 2 aliphatic rings. The lowest BCUT2D eigenvalue weighted by molar-refractivity contribution is -0.145. The fourth-order valence-corrected chi connectivity index (χ4v) is 3.80. The molecular formula is C18H22BrNO3. The molecule has 0 spiro atoms. The van der Waals surface area contributed by atoms with Gasteiger partial charge in [0.05, 0.1) is 13.5 Å². The zero-order chi connectivity index (χ0) is 16.4. The fraction of sp³-hybridized carbons (Fsp3) is 0.556. The summed E-state index contributed by atoms with van der Waals surface area (Å²) in [7, 11) is 1.40. The first-order valence-electron chi connectivity index (χ1n) is 8.23. The first-order chi connectivity index (χ1) is 11.1. The third-order valence-electron chi connectivity index (χ3n) is 4.95. The van der Waals surface area contributed by atoms with Gasteiger partial charge in [-0.15, -0.1) is 0 Å². The Morgan fingerprint density at radius 3 is 2.70 bits per heavy atom. The van der Waals surface area contributed by atoms with Gasteiger partial charge in [0.2, 0.25) is 5.91 Å². The van der Waals surface area contributed by atoms with E-state index < -0.39 is 0 Å². The van der Waals surface area contributed by atoms with E-state index in [0.717, 1.165) is 36.7 Å². The second-order valence-electron chi connectivity index (χ2n) is 6.46. The lowest BCUT2D eigenvalue weighted by atomic mass is 9.98. The number of methoxy groups -OCH3 is 1. The summed E-state index contributed by atoms with van der Waals surface area (Å²) in [6, 6.07) is 8.23. The van der Waals surface area contributed by atoms with Crippen molar-refractivity contribution < 1.29 is 14.3 Å². The Hall–Kier alpha value is -1.36. The summed E-state index contributed by atoms with van der Waals surface area (Å²) < 4.78 is 5.83. The third kappa shape index (κ3) is 3.77. The second-order valence-corrected chi connectivity index (χ2v) is 7.38. The van der Waals surface area contributed by atoms with Crippen molar-refractivity contribution in [2.45, 2.75) is 44.1 Å². The van der Waals surface area contributed by atoms with E-state index in [9.17, 15) is 9.59 Å². The molecule has 1 amide bonds. The maximum Gasteiger partial charge on any atom is 0.307 e. The number of esters is 1. The maximum atomic E-state index is 12.9. The zero-order valence-electron chi connectivity index (χ0n) is 13.3. The van der Waals surface area contributed by atoms with Crippen LogP contribution in [0.2, 0.25) is 0 Å². The fourth-order valence-electron chi connectivity index (χ4n) is 3.54. The summed E-state index contributed by atoms with van der Waals surface area (Å²) in [5.74, 6) is 0.396. The quantitative estimate of drug-likeness (QED) is 0.752. The number of carbonyl (C=O) groups excluding carboxylic acids is 2. The van der Waals surface area contributed by atoms with Crippen molar-refractivity contribution in [3.8, 4) is 0 Å². The molecule has 1 aliphatic carbocycles. The number of amides is 1. The topological polar surface area (TPSA) is 46.6 Å². The SMILES string of the molecule is COC(=O)CC1CCCCN1C(=O)C1CC1c1ccc(Br)cc1. The largest absolute Gasteiger partial charge is 0.469 e. The van der Waals surface area contributed by atoms with Crippen LogP contribution in [0.5, 0.6) is 0 Å². The predicted octanol–water partition coefficient (Wildman–Crippen LogP) is 3.50. The van der Waals surface area contributed by atoms with Gasteiger partial charge in [-0.3, -0.25) is 9.59 Å². The van der Waals surface area contributed by atoms with E-state index in [1.807, 2.05) is 17.0 Å². The molecule has 23 heavy (non-hydrogen) atoms. The summed E-state index contributed by atoms with van der Waals surface area (Å²) in [4.78, 5) is 26.4. The van der Waals surface area contributed by atoms with Crippen LogP contribution in [0, 0.1) is 5.92 Å². The average molecular weight is 380 g/mol. The van der Waals surface area contributed by atoms with Gasteiger partial charge in [0.15, 0.2) is 0 Å². The van der Waals surface area contributed by atoms with Crippen LogP contribution in [0.3, 0.4) is 0 Å². The van der Waals surface area contributed by atoms with E-state index >= 15 is 0 Å². The minimum atomic E-state index is -0.227. The lowest BCUT2D eigenvalue weighted by Crippen LogP contribution is -2.45. The molecule has 3 unspecified atom stereocenters. The van der Waals surface area contributed by atoms with Crippen molar-refractivity contribution in [2.24, 2.45) is 5.92 Å². The number of ether oxygens (including phenoxy) is 1. The molecule has 0 N–H and O–H groups in total. The standard InChI is InChI=1S/C18H22BrNO3/c1-23-17(21)10-14-4-2-3-9-20(14)18(22)16-11-15(16)12-5-7-13(19)8-6-12/h5-8,14-16H,2-4,9-11H2,1H3. The van der Waals surface area contributed by atoms with Gasteiger partial charge in [-0.25, -0.2) is 0 Å². The summed E-state index contributed by atoms with van der Waals surface area (Å²) in [5.41, 5.74) is 1.23. The molecule has 1 aromatic carbocycles. The summed E-state index contributed by atoms with van der Waals surface area (Å²) in [6.45, 7) is 0.768. The Morgan fingerprint density at radius 1 is 1.26 bits per heavy atom. The Balaban J connectivity index is 1.64. The van der Waals surface area contributed by atoms with Crippen LogP contribution < -0.4 is 0 Å². The van der Waals surface area contributed by atoms with Crippen molar-refractivity contribution in [3.05, 3.63) is 34.3 Å². The van der Waals surface area contributed by atoms with Crippen LogP contribution in [0.4, 0.5) is 0 Å². The van der Waals surface area contributed by atoms with Gasteiger partial charge in [-0.2, -0.15) is 0 Å². The minimum absolute atomic E-state index is 0.00914. The zero-order valence-corrected chi connectivity index (χ0v) is 14.9. The second kappa shape index (κ2) is 7.04. The number of piperidine rings is 1. The van der Waals surface area contributed by atoms with E-state index in [4.69, 9.17) is 4.74 Å². The van der Waals surface area contributed by atoms with Gasteiger partial charge in [0.1, 0.15) is 0 Å². The number of carbonyl (C=O) groups is 2. The van der Waals surface area contributed by atoms with Gasteiger partial charge < -0.3 is 9.64 Å². The molecule has 124 valence electrons. The van der Waals surface area contributed by atoms with Crippen molar-refractivity contribution in [1.29, 1.82) is 0 Å².